The largest absolute Gasteiger partial charge is 0.321 e. The van der Waals surface area contributed by atoms with Gasteiger partial charge >= 0.3 is 0 Å². The van der Waals surface area contributed by atoms with Gasteiger partial charge in [0.15, 0.2) is 4.73 Å². The average Bonchev–Trinajstić information content (AvgIpc) is 2.56. The molecule has 0 atom stereocenters. The van der Waals surface area contributed by atoms with E-state index in [2.05, 4.69) is 56.7 Å². The zero-order chi connectivity index (χ0) is 9.97. The molecule has 0 spiro atoms. The van der Waals surface area contributed by atoms with Crippen LogP contribution in [0.25, 0.3) is 0 Å². The number of benzene rings is 1. The van der Waals surface area contributed by atoms with Gasteiger partial charge in [-0.1, -0.05) is 29.8 Å². The van der Waals surface area contributed by atoms with E-state index in [0.29, 0.717) is 0 Å². The average molecular weight is 251 g/mol. The van der Waals surface area contributed by atoms with E-state index in [0.717, 1.165) is 11.3 Å². The van der Waals surface area contributed by atoms with E-state index in [1.807, 2.05) is 6.20 Å². The zero-order valence-electron chi connectivity index (χ0n) is 7.94. The molecule has 1 aromatic heterocycles. The van der Waals surface area contributed by atoms with E-state index in [1.165, 1.54) is 11.1 Å². The summed E-state index contributed by atoms with van der Waals surface area (Å²) in [4.78, 5) is 4.11. The highest BCUT2D eigenvalue weighted by Crippen LogP contribution is 2.10. The highest BCUT2D eigenvalue weighted by Gasteiger charge is 1.98. The molecule has 1 heterocycles. The standard InChI is InChI=1S/C11H11BrN2/c1-9-2-4-10(5-3-9)8-14-7-6-13-11(14)12/h2-7H,8H2,1H3. The molecule has 2 rings (SSSR count). The number of nitrogens with zero attached hydrogens (tertiary/aromatic N) is 2. The minimum absolute atomic E-state index is 0.862. The molecule has 2 aromatic rings. The van der Waals surface area contributed by atoms with Gasteiger partial charge in [0.2, 0.25) is 0 Å². The Labute approximate surface area is 91.7 Å². The van der Waals surface area contributed by atoms with Gasteiger partial charge < -0.3 is 4.57 Å². The Hall–Kier alpha value is -1.09. The number of hydrogen-bond donors (Lipinski definition) is 0. The molecule has 0 aliphatic rings. The van der Waals surface area contributed by atoms with Crippen molar-refractivity contribution in [1.82, 2.24) is 9.55 Å². The molecule has 72 valence electrons. The third-order valence-electron chi connectivity index (χ3n) is 2.14. The van der Waals surface area contributed by atoms with Crippen LogP contribution in [0.1, 0.15) is 11.1 Å². The van der Waals surface area contributed by atoms with Crippen molar-refractivity contribution in [2.75, 3.05) is 0 Å². The summed E-state index contributed by atoms with van der Waals surface area (Å²) in [5.41, 5.74) is 2.58. The van der Waals surface area contributed by atoms with Gasteiger partial charge in [0.25, 0.3) is 0 Å². The molecular formula is C11H11BrN2. The fourth-order valence-corrected chi connectivity index (χ4v) is 1.68. The summed E-state index contributed by atoms with van der Waals surface area (Å²) in [5.74, 6) is 0. The summed E-state index contributed by atoms with van der Waals surface area (Å²) in [6.45, 7) is 2.96. The third-order valence-corrected chi connectivity index (χ3v) is 2.80. The minimum atomic E-state index is 0.862. The Morgan fingerprint density at radius 2 is 2.00 bits per heavy atom. The van der Waals surface area contributed by atoms with Crippen LogP contribution >= 0.6 is 15.9 Å². The van der Waals surface area contributed by atoms with E-state index >= 15 is 0 Å². The van der Waals surface area contributed by atoms with Crippen LogP contribution in [0.15, 0.2) is 41.4 Å². The number of aromatic nitrogens is 2. The Balaban J connectivity index is 2.19. The Morgan fingerprint density at radius 3 is 2.57 bits per heavy atom. The minimum Gasteiger partial charge on any atom is -0.321 e. The molecule has 0 unspecified atom stereocenters. The highest BCUT2D eigenvalue weighted by atomic mass is 79.9. The maximum absolute atomic E-state index is 4.11. The van der Waals surface area contributed by atoms with Gasteiger partial charge in [0.05, 0.1) is 0 Å². The first kappa shape index (κ1) is 9.46. The number of aryl methyl sites for hydroxylation is 1. The molecule has 0 bridgehead atoms. The van der Waals surface area contributed by atoms with Crippen molar-refractivity contribution in [3.8, 4) is 0 Å². The van der Waals surface area contributed by atoms with Crippen LogP contribution in [0.4, 0.5) is 0 Å². The second-order valence-corrected chi connectivity index (χ2v) is 4.02. The molecular weight excluding hydrogens is 240 g/mol. The van der Waals surface area contributed by atoms with Crippen molar-refractivity contribution in [1.29, 1.82) is 0 Å². The number of hydrogen-bond acceptors (Lipinski definition) is 1. The lowest BCUT2D eigenvalue weighted by Crippen LogP contribution is -1.98. The summed E-state index contributed by atoms with van der Waals surface area (Å²) >= 11 is 3.39. The molecule has 0 aliphatic carbocycles. The van der Waals surface area contributed by atoms with Crippen molar-refractivity contribution in [2.24, 2.45) is 0 Å². The third kappa shape index (κ3) is 2.04. The first-order valence-electron chi connectivity index (χ1n) is 4.48. The summed E-state index contributed by atoms with van der Waals surface area (Å²) in [7, 11) is 0. The molecule has 0 aliphatic heterocycles. The SMILES string of the molecule is Cc1ccc(Cn2ccnc2Br)cc1. The van der Waals surface area contributed by atoms with Crippen molar-refractivity contribution in [3.63, 3.8) is 0 Å². The molecule has 14 heavy (non-hydrogen) atoms. The predicted octanol–water partition coefficient (Wildman–Crippen LogP) is 3.00. The monoisotopic (exact) mass is 250 g/mol. The van der Waals surface area contributed by atoms with Gasteiger partial charge in [-0.15, -0.1) is 0 Å². The number of halogens is 1. The second-order valence-electron chi connectivity index (χ2n) is 3.31. The summed E-state index contributed by atoms with van der Waals surface area (Å²) in [5, 5.41) is 0. The van der Waals surface area contributed by atoms with Crippen LogP contribution in [0.2, 0.25) is 0 Å². The Kier molecular flexibility index (Phi) is 2.68. The van der Waals surface area contributed by atoms with Crippen LogP contribution in [-0.2, 0) is 6.54 Å². The number of rotatable bonds is 2. The summed E-state index contributed by atoms with van der Waals surface area (Å²) in [6.07, 6.45) is 3.75. The van der Waals surface area contributed by atoms with E-state index < -0.39 is 0 Å². The Morgan fingerprint density at radius 1 is 1.29 bits per heavy atom. The van der Waals surface area contributed by atoms with Crippen LogP contribution in [-0.4, -0.2) is 9.55 Å². The maximum atomic E-state index is 4.11. The van der Waals surface area contributed by atoms with E-state index in [-0.39, 0.29) is 0 Å². The molecule has 0 radical (unpaired) electrons. The first-order chi connectivity index (χ1) is 6.75. The quantitative estimate of drug-likeness (QED) is 0.802. The summed E-state index contributed by atoms with van der Waals surface area (Å²) in [6, 6.07) is 8.53. The molecule has 3 heteroatoms. The Bertz CT molecular complexity index is 417. The molecule has 0 saturated heterocycles. The topological polar surface area (TPSA) is 17.8 Å². The van der Waals surface area contributed by atoms with Gasteiger partial charge in [0.1, 0.15) is 0 Å². The fraction of sp³-hybridized carbons (Fsp3) is 0.182. The van der Waals surface area contributed by atoms with Crippen LogP contribution in [0.5, 0.6) is 0 Å². The smallest absolute Gasteiger partial charge is 0.177 e. The van der Waals surface area contributed by atoms with Crippen molar-refractivity contribution in [3.05, 3.63) is 52.5 Å². The fourth-order valence-electron chi connectivity index (χ4n) is 1.32. The van der Waals surface area contributed by atoms with Gasteiger partial charge in [0, 0.05) is 18.9 Å². The lowest BCUT2D eigenvalue weighted by Gasteiger charge is -2.04. The summed E-state index contributed by atoms with van der Waals surface area (Å²) < 4.78 is 2.93. The molecule has 2 nitrogen and oxygen atoms in total. The van der Waals surface area contributed by atoms with Crippen LogP contribution in [0, 0.1) is 6.92 Å². The van der Waals surface area contributed by atoms with Gasteiger partial charge in [-0.05, 0) is 28.4 Å². The van der Waals surface area contributed by atoms with Gasteiger partial charge in [-0.2, -0.15) is 0 Å². The van der Waals surface area contributed by atoms with Crippen LogP contribution in [0.3, 0.4) is 0 Å². The molecule has 0 saturated carbocycles. The second kappa shape index (κ2) is 3.96. The van der Waals surface area contributed by atoms with E-state index in [9.17, 15) is 0 Å². The van der Waals surface area contributed by atoms with Crippen molar-refractivity contribution < 1.29 is 0 Å². The molecule has 0 amide bonds. The molecule has 0 N–H and O–H groups in total. The predicted molar refractivity (Wildman–Crippen MR) is 60.2 cm³/mol. The van der Waals surface area contributed by atoms with Crippen molar-refractivity contribution in [2.45, 2.75) is 13.5 Å². The highest BCUT2D eigenvalue weighted by molar-refractivity contribution is 9.10. The maximum Gasteiger partial charge on any atom is 0.177 e. The van der Waals surface area contributed by atoms with E-state index in [4.69, 9.17) is 0 Å². The number of imidazole rings is 1. The normalized spacial score (nSPS) is 10.4. The lowest BCUT2D eigenvalue weighted by atomic mass is 10.1. The lowest BCUT2D eigenvalue weighted by molar-refractivity contribution is 0.774. The van der Waals surface area contributed by atoms with Crippen molar-refractivity contribution >= 4 is 15.9 Å². The van der Waals surface area contributed by atoms with E-state index in [1.54, 1.807) is 6.20 Å². The van der Waals surface area contributed by atoms with Gasteiger partial charge in [-0.25, -0.2) is 4.98 Å². The zero-order valence-corrected chi connectivity index (χ0v) is 9.53. The first-order valence-corrected chi connectivity index (χ1v) is 5.27. The van der Waals surface area contributed by atoms with Gasteiger partial charge in [-0.3, -0.25) is 0 Å². The molecule has 1 aromatic carbocycles. The van der Waals surface area contributed by atoms with Crippen LogP contribution < -0.4 is 0 Å². The molecule has 0 fully saturated rings.